The quantitative estimate of drug-likeness (QED) is 0.648. The van der Waals surface area contributed by atoms with Gasteiger partial charge in [0.2, 0.25) is 0 Å². The zero-order valence-corrected chi connectivity index (χ0v) is 14.0. The number of ether oxygens (including phenoxy) is 2. The Morgan fingerprint density at radius 1 is 1.08 bits per heavy atom. The summed E-state index contributed by atoms with van der Waals surface area (Å²) in [4.78, 5) is 11.3. The van der Waals surface area contributed by atoms with Crippen LogP contribution in [0.3, 0.4) is 0 Å². The first-order valence-electron chi connectivity index (χ1n) is 8.07. The summed E-state index contributed by atoms with van der Waals surface area (Å²) in [6.07, 6.45) is 0.929. The average molecular weight is 323 g/mol. The molecule has 0 fully saturated rings. The van der Waals surface area contributed by atoms with Gasteiger partial charge in [0.05, 0.1) is 12.6 Å². The van der Waals surface area contributed by atoms with Gasteiger partial charge in [-0.2, -0.15) is 0 Å². The van der Waals surface area contributed by atoms with E-state index < -0.39 is 0 Å². The van der Waals surface area contributed by atoms with Gasteiger partial charge < -0.3 is 14.0 Å². The lowest BCUT2D eigenvalue weighted by atomic mass is 10.2. The molecule has 4 heteroatoms. The lowest BCUT2D eigenvalue weighted by Gasteiger charge is -2.11. The minimum atomic E-state index is -0.383. The molecule has 0 unspecified atom stereocenters. The summed E-state index contributed by atoms with van der Waals surface area (Å²) in [6.45, 7) is 2.87. The van der Waals surface area contributed by atoms with Gasteiger partial charge in [-0.15, -0.1) is 0 Å². The minimum Gasteiger partial charge on any atom is -0.481 e. The Hall–Kier alpha value is -2.75. The topological polar surface area (TPSA) is 40.5 Å². The molecule has 2 aromatic carbocycles. The maximum Gasteiger partial charge on any atom is 0.343 e. The molecule has 0 spiro atoms. The fourth-order valence-corrected chi connectivity index (χ4v) is 2.88. The molecule has 3 rings (SSSR count). The first-order chi connectivity index (χ1) is 11.7. The molecule has 0 aliphatic carbocycles. The largest absolute Gasteiger partial charge is 0.481 e. The van der Waals surface area contributed by atoms with E-state index in [0.29, 0.717) is 5.75 Å². The van der Waals surface area contributed by atoms with Crippen molar-refractivity contribution in [3.63, 3.8) is 0 Å². The van der Waals surface area contributed by atoms with Crippen LogP contribution in [0.2, 0.25) is 0 Å². The molecule has 0 saturated carbocycles. The molecule has 0 aliphatic rings. The highest BCUT2D eigenvalue weighted by Crippen LogP contribution is 2.30. The van der Waals surface area contributed by atoms with Crippen molar-refractivity contribution in [3.05, 3.63) is 65.9 Å². The van der Waals surface area contributed by atoms with E-state index in [1.165, 1.54) is 18.4 Å². The first kappa shape index (κ1) is 16.1. The Morgan fingerprint density at radius 2 is 1.88 bits per heavy atom. The number of hydrogen-bond donors (Lipinski definition) is 0. The van der Waals surface area contributed by atoms with Gasteiger partial charge in [-0.25, -0.2) is 4.79 Å². The van der Waals surface area contributed by atoms with Crippen LogP contribution in [0.5, 0.6) is 5.75 Å². The molecule has 0 bridgehead atoms. The third kappa shape index (κ3) is 3.27. The molecule has 1 heterocycles. The number of hydrogen-bond acceptors (Lipinski definition) is 3. The van der Waals surface area contributed by atoms with Crippen molar-refractivity contribution < 1.29 is 14.3 Å². The molecule has 3 aromatic rings. The van der Waals surface area contributed by atoms with Crippen LogP contribution in [0.1, 0.15) is 18.2 Å². The van der Waals surface area contributed by atoms with Gasteiger partial charge >= 0.3 is 5.97 Å². The summed E-state index contributed by atoms with van der Waals surface area (Å²) in [6, 6.07) is 18.5. The Balaban J connectivity index is 1.98. The number of carbonyl (C=O) groups excluding carboxylic acids is 1. The maximum absolute atomic E-state index is 11.3. The second-order valence-electron chi connectivity index (χ2n) is 5.61. The minimum absolute atomic E-state index is 0.0824. The monoisotopic (exact) mass is 323 g/mol. The molecule has 124 valence electrons. The van der Waals surface area contributed by atoms with Crippen molar-refractivity contribution in [1.82, 2.24) is 4.57 Å². The van der Waals surface area contributed by atoms with Gasteiger partial charge in [0.15, 0.2) is 6.61 Å². The third-order valence-electron chi connectivity index (χ3n) is 4.11. The van der Waals surface area contributed by atoms with E-state index in [-0.39, 0.29) is 12.6 Å². The zero-order valence-electron chi connectivity index (χ0n) is 14.0. The van der Waals surface area contributed by atoms with Crippen LogP contribution in [0.15, 0.2) is 54.6 Å². The molecule has 0 atom stereocenters. The number of carbonyl (C=O) groups is 1. The molecule has 0 radical (unpaired) electrons. The van der Waals surface area contributed by atoms with E-state index in [1.54, 1.807) is 0 Å². The Bertz CT molecular complexity index is 837. The van der Waals surface area contributed by atoms with Gasteiger partial charge in [0.25, 0.3) is 0 Å². The summed E-state index contributed by atoms with van der Waals surface area (Å²) >= 11 is 0. The summed E-state index contributed by atoms with van der Waals surface area (Å²) in [7, 11) is 1.36. The normalized spacial score (nSPS) is 10.8. The first-order valence-corrected chi connectivity index (χ1v) is 8.07. The molecular weight excluding hydrogens is 302 g/mol. The predicted octanol–water partition coefficient (Wildman–Crippen LogP) is 3.80. The van der Waals surface area contributed by atoms with Gasteiger partial charge in [-0.05, 0) is 30.2 Å². The number of benzene rings is 2. The van der Waals surface area contributed by atoms with Crippen molar-refractivity contribution in [2.24, 2.45) is 0 Å². The van der Waals surface area contributed by atoms with Gasteiger partial charge in [0, 0.05) is 17.6 Å². The van der Waals surface area contributed by atoms with Gasteiger partial charge in [-0.1, -0.05) is 43.3 Å². The number of fused-ring (bicyclic) bond motifs is 1. The van der Waals surface area contributed by atoms with Crippen molar-refractivity contribution in [1.29, 1.82) is 0 Å². The summed E-state index contributed by atoms with van der Waals surface area (Å²) in [5.41, 5.74) is 3.60. The van der Waals surface area contributed by atoms with Crippen molar-refractivity contribution in [2.75, 3.05) is 13.7 Å². The zero-order chi connectivity index (χ0) is 16.9. The second-order valence-corrected chi connectivity index (χ2v) is 5.61. The predicted molar refractivity (Wildman–Crippen MR) is 94.4 cm³/mol. The van der Waals surface area contributed by atoms with Crippen LogP contribution in [-0.2, 0) is 22.5 Å². The number of methoxy groups -OCH3 is 1. The molecule has 0 saturated heterocycles. The van der Waals surface area contributed by atoms with Crippen LogP contribution >= 0.6 is 0 Å². The molecule has 0 aliphatic heterocycles. The third-order valence-corrected chi connectivity index (χ3v) is 4.11. The standard InChI is InChI=1S/C20H21NO3/c1-3-16-12-17-18(21(16)13-15-8-5-4-6-9-15)10-7-11-19(17)24-14-20(22)23-2/h4-12H,3,13-14H2,1-2H3. The lowest BCUT2D eigenvalue weighted by molar-refractivity contribution is -0.142. The molecule has 0 amide bonds. The molecule has 0 N–H and O–H groups in total. The van der Waals surface area contributed by atoms with E-state index in [2.05, 4.69) is 52.6 Å². The lowest BCUT2D eigenvalue weighted by Crippen LogP contribution is -2.12. The highest BCUT2D eigenvalue weighted by Gasteiger charge is 2.13. The fraction of sp³-hybridized carbons (Fsp3) is 0.250. The highest BCUT2D eigenvalue weighted by molar-refractivity contribution is 5.88. The number of aromatic nitrogens is 1. The summed E-state index contributed by atoms with van der Waals surface area (Å²) in [5.74, 6) is 0.325. The molecule has 24 heavy (non-hydrogen) atoms. The van der Waals surface area contributed by atoms with Crippen LogP contribution < -0.4 is 4.74 Å². The van der Waals surface area contributed by atoms with Crippen molar-refractivity contribution in [2.45, 2.75) is 19.9 Å². The van der Waals surface area contributed by atoms with E-state index in [9.17, 15) is 4.79 Å². The fourth-order valence-electron chi connectivity index (χ4n) is 2.88. The van der Waals surface area contributed by atoms with E-state index in [1.807, 2.05) is 18.2 Å². The average Bonchev–Trinajstić information content (AvgIpc) is 2.98. The SMILES string of the molecule is CCc1cc2c(OCC(=O)OC)cccc2n1Cc1ccccc1. The van der Waals surface area contributed by atoms with E-state index >= 15 is 0 Å². The molecule has 1 aromatic heterocycles. The number of rotatable bonds is 6. The Morgan fingerprint density at radius 3 is 2.58 bits per heavy atom. The Kier molecular flexibility index (Phi) is 4.85. The van der Waals surface area contributed by atoms with E-state index in [4.69, 9.17) is 4.74 Å². The smallest absolute Gasteiger partial charge is 0.343 e. The maximum atomic E-state index is 11.3. The number of esters is 1. The second kappa shape index (κ2) is 7.21. The molecular formula is C20H21NO3. The molecule has 4 nitrogen and oxygen atoms in total. The summed E-state index contributed by atoms with van der Waals surface area (Å²) < 4.78 is 12.6. The number of aryl methyl sites for hydroxylation is 1. The van der Waals surface area contributed by atoms with Crippen molar-refractivity contribution in [3.8, 4) is 5.75 Å². The van der Waals surface area contributed by atoms with Crippen molar-refractivity contribution >= 4 is 16.9 Å². The van der Waals surface area contributed by atoms with Crippen LogP contribution in [0, 0.1) is 0 Å². The highest BCUT2D eigenvalue weighted by atomic mass is 16.6. The Labute approximate surface area is 141 Å². The van der Waals surface area contributed by atoms with Crippen LogP contribution in [0.25, 0.3) is 10.9 Å². The summed E-state index contributed by atoms with van der Waals surface area (Å²) in [5, 5.41) is 1.02. The van der Waals surface area contributed by atoms with Crippen LogP contribution in [0.4, 0.5) is 0 Å². The van der Waals surface area contributed by atoms with Gasteiger partial charge in [0.1, 0.15) is 5.75 Å². The van der Waals surface area contributed by atoms with Gasteiger partial charge in [-0.3, -0.25) is 0 Å². The van der Waals surface area contributed by atoms with E-state index in [0.717, 1.165) is 23.9 Å². The van der Waals surface area contributed by atoms with Crippen LogP contribution in [-0.4, -0.2) is 24.3 Å². The number of nitrogens with zero attached hydrogens (tertiary/aromatic N) is 1.